The lowest BCUT2D eigenvalue weighted by molar-refractivity contribution is -0.384. The molecule has 0 saturated heterocycles. The minimum atomic E-state index is -0.534. The van der Waals surface area contributed by atoms with Gasteiger partial charge in [-0.05, 0) is 18.9 Å². The zero-order valence-corrected chi connectivity index (χ0v) is 10.1. The Kier molecular flexibility index (Phi) is 6.07. The number of nitro benzene ring substituents is 1. The van der Waals surface area contributed by atoms with Crippen molar-refractivity contribution in [3.05, 3.63) is 34.1 Å². The number of halogens is 1. The summed E-state index contributed by atoms with van der Waals surface area (Å²) in [7, 11) is 0. The van der Waals surface area contributed by atoms with Gasteiger partial charge in [0, 0.05) is 25.3 Å². The molecule has 0 saturated carbocycles. The first kappa shape index (κ1) is 14.4. The molecule has 5 nitrogen and oxygen atoms in total. The Hall–Kier alpha value is -1.69. The second-order valence-electron chi connectivity index (χ2n) is 3.98. The first-order valence-corrected chi connectivity index (χ1v) is 5.94. The third-order valence-corrected chi connectivity index (χ3v) is 2.56. The van der Waals surface area contributed by atoms with Crippen molar-refractivity contribution in [1.82, 2.24) is 0 Å². The van der Waals surface area contributed by atoms with Gasteiger partial charge in [-0.15, -0.1) is 0 Å². The molecule has 6 heteroatoms. The van der Waals surface area contributed by atoms with Crippen LogP contribution in [0.5, 0.6) is 0 Å². The van der Waals surface area contributed by atoms with E-state index in [1.807, 2.05) is 0 Å². The van der Waals surface area contributed by atoms with Gasteiger partial charge in [0.05, 0.1) is 4.92 Å². The Morgan fingerprint density at radius 1 is 1.28 bits per heavy atom. The number of aliphatic hydroxyl groups is 1. The third kappa shape index (κ3) is 4.67. The molecule has 100 valence electrons. The Labute approximate surface area is 105 Å². The Morgan fingerprint density at radius 2 is 2.00 bits per heavy atom. The van der Waals surface area contributed by atoms with Crippen molar-refractivity contribution in [2.45, 2.75) is 25.7 Å². The largest absolute Gasteiger partial charge is 0.396 e. The molecule has 0 amide bonds. The van der Waals surface area contributed by atoms with Gasteiger partial charge in [0.15, 0.2) is 0 Å². The van der Waals surface area contributed by atoms with Crippen LogP contribution < -0.4 is 5.32 Å². The maximum absolute atomic E-state index is 13.0. The summed E-state index contributed by atoms with van der Waals surface area (Å²) in [6.45, 7) is 0.735. The third-order valence-electron chi connectivity index (χ3n) is 2.56. The fourth-order valence-corrected chi connectivity index (χ4v) is 1.62. The summed E-state index contributed by atoms with van der Waals surface area (Å²) in [4.78, 5) is 10.2. The highest BCUT2D eigenvalue weighted by Crippen LogP contribution is 2.24. The Balaban J connectivity index is 2.45. The number of nitro groups is 1. The topological polar surface area (TPSA) is 75.4 Å². The molecule has 0 radical (unpaired) electrons. The predicted octanol–water partition coefficient (Wildman–Crippen LogP) is 2.70. The number of anilines is 1. The van der Waals surface area contributed by atoms with E-state index in [2.05, 4.69) is 5.32 Å². The van der Waals surface area contributed by atoms with Crippen molar-refractivity contribution < 1.29 is 14.4 Å². The molecule has 0 heterocycles. The van der Waals surface area contributed by atoms with Crippen LogP contribution in [0.4, 0.5) is 15.8 Å². The predicted molar refractivity (Wildman–Crippen MR) is 67.1 cm³/mol. The summed E-state index contributed by atoms with van der Waals surface area (Å²) < 4.78 is 13.0. The average molecular weight is 256 g/mol. The fraction of sp³-hybridized carbons (Fsp3) is 0.500. The van der Waals surface area contributed by atoms with Gasteiger partial charge >= 0.3 is 0 Å². The Morgan fingerprint density at radius 3 is 2.67 bits per heavy atom. The van der Waals surface area contributed by atoms with E-state index in [1.54, 1.807) is 0 Å². The highest BCUT2D eigenvalue weighted by molar-refractivity contribution is 5.61. The van der Waals surface area contributed by atoms with Crippen LogP contribution in [0.25, 0.3) is 0 Å². The summed E-state index contributed by atoms with van der Waals surface area (Å²) in [5, 5.41) is 22.2. The Bertz CT molecular complexity index is 399. The molecule has 0 aliphatic heterocycles. The quantitative estimate of drug-likeness (QED) is 0.426. The molecule has 0 atom stereocenters. The first-order chi connectivity index (χ1) is 8.65. The second kappa shape index (κ2) is 7.60. The van der Waals surface area contributed by atoms with Crippen LogP contribution in [0.1, 0.15) is 25.7 Å². The van der Waals surface area contributed by atoms with Crippen LogP contribution in [0.3, 0.4) is 0 Å². The highest BCUT2D eigenvalue weighted by Gasteiger charge is 2.13. The number of nitrogens with zero attached hydrogens (tertiary/aromatic N) is 1. The van der Waals surface area contributed by atoms with Gasteiger partial charge in [0.2, 0.25) is 0 Å². The number of rotatable bonds is 8. The standard InChI is InChI=1S/C12H17FN2O3/c13-10-5-6-12(15(17)18)11(9-10)14-7-3-1-2-4-8-16/h5-6,9,14,16H,1-4,7-8H2. The molecule has 0 aliphatic rings. The van der Waals surface area contributed by atoms with Gasteiger partial charge in [-0.2, -0.15) is 0 Å². The van der Waals surface area contributed by atoms with Gasteiger partial charge in [0.1, 0.15) is 11.5 Å². The van der Waals surface area contributed by atoms with Crippen molar-refractivity contribution in [3.63, 3.8) is 0 Å². The smallest absolute Gasteiger partial charge is 0.292 e. The van der Waals surface area contributed by atoms with Crippen LogP contribution in [0, 0.1) is 15.9 Å². The maximum atomic E-state index is 13.0. The van der Waals surface area contributed by atoms with E-state index >= 15 is 0 Å². The average Bonchev–Trinajstić information content (AvgIpc) is 2.33. The van der Waals surface area contributed by atoms with E-state index in [-0.39, 0.29) is 18.0 Å². The maximum Gasteiger partial charge on any atom is 0.292 e. The molecule has 0 spiro atoms. The van der Waals surface area contributed by atoms with E-state index in [9.17, 15) is 14.5 Å². The minimum absolute atomic E-state index is 0.119. The molecule has 1 aromatic carbocycles. The highest BCUT2D eigenvalue weighted by atomic mass is 19.1. The molecule has 0 bridgehead atoms. The molecule has 0 fully saturated rings. The lowest BCUT2D eigenvalue weighted by Crippen LogP contribution is -2.04. The van der Waals surface area contributed by atoms with Crippen LogP contribution in [-0.2, 0) is 0 Å². The summed E-state index contributed by atoms with van der Waals surface area (Å²) in [5.74, 6) is -0.497. The van der Waals surface area contributed by atoms with Crippen LogP contribution in [0.2, 0.25) is 0 Å². The van der Waals surface area contributed by atoms with Gasteiger partial charge in [-0.3, -0.25) is 10.1 Å². The van der Waals surface area contributed by atoms with E-state index in [4.69, 9.17) is 5.11 Å². The number of nitrogens with one attached hydrogen (secondary N) is 1. The van der Waals surface area contributed by atoms with E-state index in [0.29, 0.717) is 6.54 Å². The summed E-state index contributed by atoms with van der Waals surface area (Å²) >= 11 is 0. The molecular weight excluding hydrogens is 239 g/mol. The molecule has 0 unspecified atom stereocenters. The molecule has 1 rings (SSSR count). The molecule has 0 aliphatic carbocycles. The summed E-state index contributed by atoms with van der Waals surface area (Å²) in [5.41, 5.74) is 0.0916. The lowest BCUT2D eigenvalue weighted by atomic mass is 10.2. The first-order valence-electron chi connectivity index (χ1n) is 5.94. The van der Waals surface area contributed by atoms with Crippen molar-refractivity contribution in [2.24, 2.45) is 0 Å². The van der Waals surface area contributed by atoms with Crippen molar-refractivity contribution >= 4 is 11.4 Å². The number of aliphatic hydroxyl groups excluding tert-OH is 1. The number of hydrogen-bond donors (Lipinski definition) is 2. The van der Waals surface area contributed by atoms with Gasteiger partial charge in [-0.25, -0.2) is 4.39 Å². The minimum Gasteiger partial charge on any atom is -0.396 e. The fourth-order valence-electron chi connectivity index (χ4n) is 1.62. The number of unbranched alkanes of at least 4 members (excludes halogenated alkanes) is 3. The zero-order chi connectivity index (χ0) is 13.4. The van der Waals surface area contributed by atoms with Crippen molar-refractivity contribution in [1.29, 1.82) is 0 Å². The summed E-state index contributed by atoms with van der Waals surface area (Å²) in [6, 6.07) is 3.36. The molecule has 0 aromatic heterocycles. The van der Waals surface area contributed by atoms with Gasteiger partial charge in [-0.1, -0.05) is 12.8 Å². The number of hydrogen-bond acceptors (Lipinski definition) is 4. The molecule has 1 aromatic rings. The normalized spacial score (nSPS) is 10.3. The number of benzene rings is 1. The molecule has 2 N–H and O–H groups in total. The second-order valence-corrected chi connectivity index (χ2v) is 3.98. The SMILES string of the molecule is O=[N+]([O-])c1ccc(F)cc1NCCCCCCO. The van der Waals surface area contributed by atoms with E-state index < -0.39 is 10.7 Å². The molecular formula is C12H17FN2O3. The molecule has 18 heavy (non-hydrogen) atoms. The summed E-state index contributed by atoms with van der Waals surface area (Å²) in [6.07, 6.45) is 3.44. The zero-order valence-electron chi connectivity index (χ0n) is 10.1. The lowest BCUT2D eigenvalue weighted by Gasteiger charge is -2.07. The van der Waals surface area contributed by atoms with Gasteiger partial charge in [0.25, 0.3) is 5.69 Å². The van der Waals surface area contributed by atoms with Crippen molar-refractivity contribution in [3.8, 4) is 0 Å². The monoisotopic (exact) mass is 256 g/mol. The van der Waals surface area contributed by atoms with Crippen LogP contribution in [-0.4, -0.2) is 23.2 Å². The van der Waals surface area contributed by atoms with Crippen LogP contribution >= 0.6 is 0 Å². The van der Waals surface area contributed by atoms with Crippen molar-refractivity contribution in [2.75, 3.05) is 18.5 Å². The van der Waals surface area contributed by atoms with Crippen LogP contribution in [0.15, 0.2) is 18.2 Å². The van der Waals surface area contributed by atoms with E-state index in [0.717, 1.165) is 43.9 Å². The van der Waals surface area contributed by atoms with Gasteiger partial charge < -0.3 is 10.4 Å². The van der Waals surface area contributed by atoms with E-state index in [1.165, 1.54) is 0 Å².